The van der Waals surface area contributed by atoms with E-state index in [4.69, 9.17) is 10.3 Å². The van der Waals surface area contributed by atoms with Crippen LogP contribution in [0.5, 0.6) is 0 Å². The molecule has 0 bridgehead atoms. The fraction of sp³-hybridized carbons (Fsp3) is 0.818. The number of halogens is 5. The lowest BCUT2D eigenvalue weighted by Crippen LogP contribution is -2.53. The zero-order valence-corrected chi connectivity index (χ0v) is 13.7. The van der Waals surface area contributed by atoms with Gasteiger partial charge in [-0.15, -0.1) is 24.8 Å². The van der Waals surface area contributed by atoms with Crippen molar-refractivity contribution in [1.82, 2.24) is 19.9 Å². The van der Waals surface area contributed by atoms with Gasteiger partial charge in [0.2, 0.25) is 5.89 Å². The van der Waals surface area contributed by atoms with Gasteiger partial charge in [0.05, 0.1) is 13.1 Å². The second-order valence-electron chi connectivity index (χ2n) is 4.84. The van der Waals surface area contributed by atoms with Crippen LogP contribution in [0.3, 0.4) is 0 Å². The molecule has 0 spiro atoms. The van der Waals surface area contributed by atoms with E-state index >= 15 is 0 Å². The third-order valence-electron chi connectivity index (χ3n) is 3.48. The van der Waals surface area contributed by atoms with Gasteiger partial charge in [0, 0.05) is 26.2 Å². The Bertz CT molecular complexity index is 438. The molecular formula is C11H20Cl2F3N5O. The quantitative estimate of drug-likeness (QED) is 0.870. The first kappa shape index (κ1) is 21.4. The number of piperazine rings is 1. The van der Waals surface area contributed by atoms with Crippen LogP contribution in [0.1, 0.15) is 18.6 Å². The average Bonchev–Trinajstić information content (AvgIpc) is 2.85. The van der Waals surface area contributed by atoms with Crippen LogP contribution in [-0.2, 0) is 13.1 Å². The van der Waals surface area contributed by atoms with Gasteiger partial charge >= 0.3 is 6.18 Å². The lowest BCUT2D eigenvalue weighted by molar-refractivity contribution is -0.182. The molecule has 0 saturated carbocycles. The predicted molar refractivity (Wildman–Crippen MR) is 79.1 cm³/mol. The number of aromatic nitrogens is 2. The molecule has 0 radical (unpaired) electrons. The molecule has 0 aliphatic carbocycles. The van der Waals surface area contributed by atoms with E-state index in [1.54, 1.807) is 0 Å². The summed E-state index contributed by atoms with van der Waals surface area (Å²) in [5.74, 6) is 0.882. The van der Waals surface area contributed by atoms with Crippen molar-refractivity contribution in [2.24, 2.45) is 5.73 Å². The molecule has 11 heteroatoms. The van der Waals surface area contributed by atoms with Crippen LogP contribution in [0.25, 0.3) is 0 Å². The van der Waals surface area contributed by atoms with Gasteiger partial charge in [0.1, 0.15) is 6.04 Å². The first-order valence-electron chi connectivity index (χ1n) is 6.45. The fourth-order valence-electron chi connectivity index (χ4n) is 2.15. The van der Waals surface area contributed by atoms with Crippen LogP contribution < -0.4 is 5.73 Å². The van der Waals surface area contributed by atoms with Gasteiger partial charge in [-0.05, 0) is 6.92 Å². The van der Waals surface area contributed by atoms with Crippen molar-refractivity contribution in [2.75, 3.05) is 26.2 Å². The average molecular weight is 366 g/mol. The largest absolute Gasteiger partial charge is 0.403 e. The number of hydrogen-bond donors (Lipinski definition) is 1. The van der Waals surface area contributed by atoms with E-state index < -0.39 is 12.2 Å². The Labute approximate surface area is 139 Å². The molecule has 2 rings (SSSR count). The lowest BCUT2D eigenvalue weighted by atomic mass is 10.2. The van der Waals surface area contributed by atoms with Crippen molar-refractivity contribution in [2.45, 2.75) is 32.2 Å². The normalized spacial score (nSPS) is 18.4. The topological polar surface area (TPSA) is 71.4 Å². The molecule has 22 heavy (non-hydrogen) atoms. The predicted octanol–water partition coefficient (Wildman–Crippen LogP) is 1.44. The Morgan fingerprint density at radius 2 is 1.82 bits per heavy atom. The van der Waals surface area contributed by atoms with E-state index in [9.17, 15) is 13.2 Å². The minimum atomic E-state index is -4.17. The lowest BCUT2D eigenvalue weighted by Gasteiger charge is -2.38. The van der Waals surface area contributed by atoms with Crippen LogP contribution in [0.4, 0.5) is 13.2 Å². The van der Waals surface area contributed by atoms with Gasteiger partial charge in [-0.2, -0.15) is 18.2 Å². The molecular weight excluding hydrogens is 346 g/mol. The molecule has 1 aliphatic heterocycles. The maximum atomic E-state index is 12.6. The van der Waals surface area contributed by atoms with Gasteiger partial charge in [-0.3, -0.25) is 9.80 Å². The molecule has 130 valence electrons. The van der Waals surface area contributed by atoms with Crippen molar-refractivity contribution in [3.8, 4) is 0 Å². The van der Waals surface area contributed by atoms with Crippen molar-refractivity contribution in [3.05, 3.63) is 11.7 Å². The second-order valence-corrected chi connectivity index (χ2v) is 4.84. The Kier molecular flexibility index (Phi) is 8.63. The third-order valence-corrected chi connectivity index (χ3v) is 3.48. The molecule has 1 unspecified atom stereocenters. The first-order valence-corrected chi connectivity index (χ1v) is 6.45. The van der Waals surface area contributed by atoms with E-state index in [2.05, 4.69) is 10.1 Å². The van der Waals surface area contributed by atoms with Crippen molar-refractivity contribution >= 4 is 24.8 Å². The monoisotopic (exact) mass is 365 g/mol. The van der Waals surface area contributed by atoms with Crippen LogP contribution >= 0.6 is 24.8 Å². The summed E-state index contributed by atoms with van der Waals surface area (Å²) < 4.78 is 42.7. The van der Waals surface area contributed by atoms with Crippen LogP contribution in [0, 0.1) is 0 Å². The molecule has 1 fully saturated rings. The van der Waals surface area contributed by atoms with E-state index in [0.29, 0.717) is 44.4 Å². The summed E-state index contributed by atoms with van der Waals surface area (Å²) in [7, 11) is 0. The molecule has 2 N–H and O–H groups in total. The van der Waals surface area contributed by atoms with Crippen LogP contribution in [0.2, 0.25) is 0 Å². The van der Waals surface area contributed by atoms with Gasteiger partial charge < -0.3 is 10.3 Å². The summed E-state index contributed by atoms with van der Waals surface area (Å²) >= 11 is 0. The van der Waals surface area contributed by atoms with Gasteiger partial charge in [0.15, 0.2) is 5.82 Å². The zero-order valence-electron chi connectivity index (χ0n) is 12.0. The molecule has 1 aliphatic rings. The van der Waals surface area contributed by atoms with E-state index in [1.807, 2.05) is 4.90 Å². The van der Waals surface area contributed by atoms with Crippen LogP contribution in [0.15, 0.2) is 4.52 Å². The molecule has 0 amide bonds. The molecule has 1 aromatic rings. The van der Waals surface area contributed by atoms with Crippen molar-refractivity contribution in [1.29, 1.82) is 0 Å². The highest BCUT2D eigenvalue weighted by molar-refractivity contribution is 5.85. The number of alkyl halides is 3. The SMILES string of the molecule is CC(N1CCN(Cc2noc(CN)n2)CC1)C(F)(F)F.Cl.Cl. The Balaban J connectivity index is 0.00000220. The highest BCUT2D eigenvalue weighted by Gasteiger charge is 2.40. The molecule has 6 nitrogen and oxygen atoms in total. The molecule has 1 aromatic heterocycles. The number of nitrogens with zero attached hydrogens (tertiary/aromatic N) is 4. The van der Waals surface area contributed by atoms with Crippen molar-refractivity contribution < 1.29 is 17.7 Å². The molecule has 2 heterocycles. The summed E-state index contributed by atoms with van der Waals surface area (Å²) in [6.07, 6.45) is -4.17. The number of hydrogen-bond acceptors (Lipinski definition) is 6. The highest BCUT2D eigenvalue weighted by atomic mass is 35.5. The van der Waals surface area contributed by atoms with Crippen molar-refractivity contribution in [3.63, 3.8) is 0 Å². The van der Waals surface area contributed by atoms with Gasteiger partial charge in [-0.1, -0.05) is 5.16 Å². The molecule has 1 atom stereocenters. The first-order chi connectivity index (χ1) is 9.40. The van der Waals surface area contributed by atoms with E-state index in [-0.39, 0.29) is 31.4 Å². The third kappa shape index (κ3) is 5.54. The Morgan fingerprint density at radius 3 is 2.27 bits per heavy atom. The zero-order chi connectivity index (χ0) is 14.8. The minimum Gasteiger partial charge on any atom is -0.338 e. The van der Waals surface area contributed by atoms with E-state index in [0.717, 1.165) is 0 Å². The van der Waals surface area contributed by atoms with E-state index in [1.165, 1.54) is 11.8 Å². The summed E-state index contributed by atoms with van der Waals surface area (Å²) in [5.41, 5.74) is 5.37. The maximum absolute atomic E-state index is 12.6. The standard InChI is InChI=1S/C11H18F3N5O.2ClH/c1-8(11(12,13)14)19-4-2-18(3-5-19)7-9-16-10(6-15)20-17-9;;/h8H,2-7,15H2,1H3;2*1H. The smallest absolute Gasteiger partial charge is 0.338 e. The summed E-state index contributed by atoms with van der Waals surface area (Å²) in [6.45, 7) is 3.70. The second kappa shape index (κ2) is 8.88. The maximum Gasteiger partial charge on any atom is 0.403 e. The molecule has 0 aromatic carbocycles. The summed E-state index contributed by atoms with van der Waals surface area (Å²) in [5, 5.41) is 3.77. The fourth-order valence-corrected chi connectivity index (χ4v) is 2.15. The summed E-state index contributed by atoms with van der Waals surface area (Å²) in [4.78, 5) is 7.53. The minimum absolute atomic E-state index is 0. The number of nitrogens with two attached hydrogens (primary N) is 1. The van der Waals surface area contributed by atoms with Gasteiger partial charge in [0.25, 0.3) is 0 Å². The van der Waals surface area contributed by atoms with Gasteiger partial charge in [-0.25, -0.2) is 0 Å². The highest BCUT2D eigenvalue weighted by Crippen LogP contribution is 2.25. The molecule has 1 saturated heterocycles. The summed E-state index contributed by atoms with van der Waals surface area (Å²) in [6, 6.07) is -1.40. The number of rotatable bonds is 4. The Morgan fingerprint density at radius 1 is 1.23 bits per heavy atom. The Hall–Kier alpha value is -0.610. The van der Waals surface area contributed by atoms with Crippen LogP contribution in [-0.4, -0.2) is 58.3 Å².